The second kappa shape index (κ2) is 4.97. The van der Waals surface area contributed by atoms with Crippen LogP contribution in [0.1, 0.15) is 23.2 Å². The van der Waals surface area contributed by atoms with Gasteiger partial charge in [0.2, 0.25) is 0 Å². The Morgan fingerprint density at radius 2 is 1.65 bits per heavy atom. The number of H-pyrrole nitrogens is 2. The van der Waals surface area contributed by atoms with E-state index in [0.29, 0.717) is 0 Å². The summed E-state index contributed by atoms with van der Waals surface area (Å²) in [6, 6.07) is 3.98. The minimum atomic E-state index is -0.516. The van der Waals surface area contributed by atoms with Crippen LogP contribution in [0.25, 0.3) is 33.3 Å². The Kier molecular flexibility index (Phi) is 2.90. The molecule has 0 aliphatic heterocycles. The fourth-order valence-corrected chi connectivity index (χ4v) is 4.19. The maximum absolute atomic E-state index is 12.2. The number of hydrogen-bond acceptors (Lipinski definition) is 3. The van der Waals surface area contributed by atoms with E-state index in [4.69, 9.17) is 0 Å². The summed E-state index contributed by atoms with van der Waals surface area (Å²) >= 11 is 0. The van der Waals surface area contributed by atoms with Gasteiger partial charge in [-0.2, -0.15) is 5.10 Å². The normalized spacial score (nSPS) is 13.8. The summed E-state index contributed by atoms with van der Waals surface area (Å²) in [5, 5.41) is 8.71. The summed E-state index contributed by atoms with van der Waals surface area (Å²) in [5.74, 6) is 0. The van der Waals surface area contributed by atoms with Gasteiger partial charge in [-0.15, -0.1) is 0 Å². The van der Waals surface area contributed by atoms with Crippen LogP contribution in [0.3, 0.4) is 0 Å². The molecule has 0 fully saturated rings. The van der Waals surface area contributed by atoms with Crippen LogP contribution in [0.4, 0.5) is 0 Å². The zero-order valence-corrected chi connectivity index (χ0v) is 14.9. The lowest BCUT2D eigenvalue weighted by Gasteiger charge is -2.09. The standard InChI is InChI=1S/C19H19N5O2/c1-9-10-5-4-6-11-12-7-14-15(24(3)19(26)18(25)23(14)2)8-13(12)20-16(11)17(10)22-21-9/h7-8,20H,4-6H2,1-3H3,(H,21,22). The molecule has 1 aromatic carbocycles. The molecule has 3 heterocycles. The van der Waals surface area contributed by atoms with Gasteiger partial charge in [-0.05, 0) is 43.9 Å². The van der Waals surface area contributed by atoms with Crippen molar-refractivity contribution in [3.8, 4) is 11.4 Å². The average molecular weight is 349 g/mol. The first-order chi connectivity index (χ1) is 12.5. The van der Waals surface area contributed by atoms with Gasteiger partial charge in [-0.3, -0.25) is 14.7 Å². The third kappa shape index (κ3) is 1.80. The molecule has 0 unspecified atom stereocenters. The molecule has 0 spiro atoms. The second-order valence-electron chi connectivity index (χ2n) is 7.12. The van der Waals surface area contributed by atoms with E-state index in [1.165, 1.54) is 20.3 Å². The highest BCUT2D eigenvalue weighted by molar-refractivity contribution is 5.99. The Balaban J connectivity index is 1.93. The van der Waals surface area contributed by atoms with Crippen molar-refractivity contribution in [2.75, 3.05) is 0 Å². The Morgan fingerprint density at radius 1 is 1.00 bits per heavy atom. The summed E-state index contributed by atoms with van der Waals surface area (Å²) in [5.41, 5.74) is 7.07. The van der Waals surface area contributed by atoms with E-state index >= 15 is 0 Å². The molecule has 0 saturated carbocycles. The molecule has 0 bridgehead atoms. The molecular weight excluding hydrogens is 330 g/mol. The van der Waals surface area contributed by atoms with Crippen molar-refractivity contribution in [2.45, 2.75) is 26.2 Å². The van der Waals surface area contributed by atoms with Crippen molar-refractivity contribution >= 4 is 21.9 Å². The Bertz CT molecular complexity index is 1330. The molecule has 1 aliphatic rings. The molecule has 132 valence electrons. The highest BCUT2D eigenvalue weighted by atomic mass is 16.2. The van der Waals surface area contributed by atoms with Crippen molar-refractivity contribution in [1.82, 2.24) is 24.3 Å². The first-order valence-electron chi connectivity index (χ1n) is 8.76. The number of aromatic amines is 2. The largest absolute Gasteiger partial charge is 0.353 e. The molecule has 0 saturated heterocycles. The molecule has 4 aromatic rings. The fraction of sp³-hybridized carbons (Fsp3) is 0.316. The highest BCUT2D eigenvalue weighted by Gasteiger charge is 2.23. The topological polar surface area (TPSA) is 88.5 Å². The van der Waals surface area contributed by atoms with Crippen molar-refractivity contribution in [2.24, 2.45) is 14.1 Å². The molecule has 5 rings (SSSR count). The van der Waals surface area contributed by atoms with E-state index in [-0.39, 0.29) is 0 Å². The van der Waals surface area contributed by atoms with Crippen LogP contribution < -0.4 is 11.1 Å². The van der Waals surface area contributed by atoms with Gasteiger partial charge < -0.3 is 14.1 Å². The quantitative estimate of drug-likeness (QED) is 0.475. The predicted octanol–water partition coefficient (Wildman–Crippen LogP) is 1.91. The second-order valence-corrected chi connectivity index (χ2v) is 7.12. The van der Waals surface area contributed by atoms with E-state index in [1.54, 1.807) is 14.1 Å². The first-order valence-corrected chi connectivity index (χ1v) is 8.76. The summed E-state index contributed by atoms with van der Waals surface area (Å²) in [6.07, 6.45) is 3.01. The number of benzene rings is 1. The Labute approximate surface area is 148 Å². The lowest BCUT2D eigenvalue weighted by atomic mass is 10.1. The van der Waals surface area contributed by atoms with Crippen LogP contribution >= 0.6 is 0 Å². The predicted molar refractivity (Wildman–Crippen MR) is 101 cm³/mol. The molecule has 26 heavy (non-hydrogen) atoms. The van der Waals surface area contributed by atoms with Crippen LogP contribution in [-0.2, 0) is 26.9 Å². The summed E-state index contributed by atoms with van der Waals surface area (Å²) < 4.78 is 2.87. The molecule has 0 radical (unpaired) electrons. The van der Waals surface area contributed by atoms with Gasteiger partial charge in [-0.25, -0.2) is 0 Å². The van der Waals surface area contributed by atoms with Gasteiger partial charge in [0.05, 0.1) is 16.7 Å². The Morgan fingerprint density at radius 3 is 2.38 bits per heavy atom. The van der Waals surface area contributed by atoms with Crippen molar-refractivity contribution in [1.29, 1.82) is 0 Å². The number of fused-ring (bicyclic) bond motifs is 6. The number of hydrogen-bond donors (Lipinski definition) is 2. The number of rotatable bonds is 0. The SMILES string of the molecule is Cc1[nH]nc2c1CCCc1c-2[nH]c2cc3c(cc12)n(C)c(=O)c(=O)n3C. The van der Waals surface area contributed by atoms with E-state index in [2.05, 4.69) is 22.1 Å². The molecule has 7 nitrogen and oxygen atoms in total. The third-order valence-electron chi connectivity index (χ3n) is 5.68. The molecule has 3 aromatic heterocycles. The summed E-state index contributed by atoms with van der Waals surface area (Å²) in [6.45, 7) is 2.05. The maximum atomic E-state index is 12.2. The zero-order chi connectivity index (χ0) is 18.2. The van der Waals surface area contributed by atoms with Gasteiger partial charge >= 0.3 is 11.1 Å². The minimum Gasteiger partial charge on any atom is -0.353 e. The third-order valence-corrected chi connectivity index (χ3v) is 5.68. The van der Waals surface area contributed by atoms with Crippen LogP contribution in [0.15, 0.2) is 21.7 Å². The van der Waals surface area contributed by atoms with E-state index in [0.717, 1.165) is 58.3 Å². The van der Waals surface area contributed by atoms with Crippen molar-refractivity contribution in [3.63, 3.8) is 0 Å². The van der Waals surface area contributed by atoms with Gasteiger partial charge in [-0.1, -0.05) is 0 Å². The molecule has 7 heteroatoms. The van der Waals surface area contributed by atoms with Gasteiger partial charge in [0.25, 0.3) is 0 Å². The number of aromatic nitrogens is 5. The highest BCUT2D eigenvalue weighted by Crippen LogP contribution is 2.37. The van der Waals surface area contributed by atoms with Gasteiger partial charge in [0, 0.05) is 36.3 Å². The monoisotopic (exact) mass is 349 g/mol. The Hall–Kier alpha value is -3.09. The average Bonchev–Trinajstić information content (AvgIpc) is 3.11. The fourth-order valence-electron chi connectivity index (χ4n) is 4.19. The van der Waals surface area contributed by atoms with Crippen molar-refractivity contribution in [3.05, 3.63) is 49.7 Å². The van der Waals surface area contributed by atoms with Crippen LogP contribution in [0.2, 0.25) is 0 Å². The van der Waals surface area contributed by atoms with E-state index < -0.39 is 11.1 Å². The summed E-state index contributed by atoms with van der Waals surface area (Å²) in [4.78, 5) is 27.9. The molecule has 0 atom stereocenters. The van der Waals surface area contributed by atoms with E-state index in [1.807, 2.05) is 12.1 Å². The zero-order valence-electron chi connectivity index (χ0n) is 14.9. The minimum absolute atomic E-state index is 0.508. The van der Waals surface area contributed by atoms with Crippen LogP contribution in [-0.4, -0.2) is 24.3 Å². The lowest BCUT2D eigenvalue weighted by Crippen LogP contribution is -2.39. The summed E-state index contributed by atoms with van der Waals surface area (Å²) in [7, 11) is 3.29. The smallest absolute Gasteiger partial charge is 0.316 e. The van der Waals surface area contributed by atoms with Gasteiger partial charge in [0.1, 0.15) is 5.69 Å². The molecule has 0 amide bonds. The number of nitrogens with one attached hydrogen (secondary N) is 2. The van der Waals surface area contributed by atoms with Crippen molar-refractivity contribution < 1.29 is 0 Å². The maximum Gasteiger partial charge on any atom is 0.316 e. The number of nitrogens with zero attached hydrogens (tertiary/aromatic N) is 3. The van der Waals surface area contributed by atoms with Crippen LogP contribution in [0, 0.1) is 6.92 Å². The molecule has 1 aliphatic carbocycles. The lowest BCUT2D eigenvalue weighted by molar-refractivity contribution is 0.799. The molecule has 2 N–H and O–H groups in total. The van der Waals surface area contributed by atoms with E-state index in [9.17, 15) is 9.59 Å². The molecular formula is C19H19N5O2. The van der Waals surface area contributed by atoms with Gasteiger partial charge in [0.15, 0.2) is 0 Å². The van der Waals surface area contributed by atoms with Crippen LogP contribution in [0.5, 0.6) is 0 Å². The number of aryl methyl sites for hydroxylation is 4. The first kappa shape index (κ1) is 15.2.